The molecule has 5 aromatic carbocycles. The van der Waals surface area contributed by atoms with Crippen molar-refractivity contribution in [1.82, 2.24) is 0 Å². The van der Waals surface area contributed by atoms with E-state index >= 15 is 0 Å². The lowest BCUT2D eigenvalue weighted by Gasteiger charge is -2.32. The molecule has 0 atom stereocenters. The molecule has 44 heavy (non-hydrogen) atoms. The molecule has 0 radical (unpaired) electrons. The van der Waals surface area contributed by atoms with Crippen LogP contribution in [0, 0.1) is 0 Å². The molecule has 0 N–H and O–H groups in total. The zero-order chi connectivity index (χ0) is 31.1. The third kappa shape index (κ3) is 4.46. The third-order valence-corrected chi connectivity index (χ3v) is 10.4. The average Bonchev–Trinajstić information content (AvgIpc) is 3.35. The highest BCUT2D eigenvalue weighted by molar-refractivity contribution is 6.65. The number of benzene rings is 5. The first kappa shape index (κ1) is 29.3. The van der Waals surface area contributed by atoms with Gasteiger partial charge >= 0.3 is 14.2 Å². The lowest BCUT2D eigenvalue weighted by molar-refractivity contribution is 0.00578. The Morgan fingerprint density at radius 1 is 0.364 bits per heavy atom. The topological polar surface area (TPSA) is 36.9 Å². The fraction of sp³-hybridized carbons (Fsp3) is 0.316. The van der Waals surface area contributed by atoms with Crippen molar-refractivity contribution in [3.63, 3.8) is 0 Å². The van der Waals surface area contributed by atoms with Crippen LogP contribution >= 0.6 is 0 Å². The lowest BCUT2D eigenvalue weighted by atomic mass is 9.71. The molecule has 0 amide bonds. The van der Waals surface area contributed by atoms with Crippen molar-refractivity contribution < 1.29 is 18.6 Å². The largest absolute Gasteiger partial charge is 0.495 e. The average molecular weight is 582 g/mol. The van der Waals surface area contributed by atoms with Crippen LogP contribution in [0.4, 0.5) is 0 Å². The minimum absolute atomic E-state index is 0.435. The summed E-state index contributed by atoms with van der Waals surface area (Å²) >= 11 is 0. The minimum Gasteiger partial charge on any atom is -0.399 e. The first-order valence-corrected chi connectivity index (χ1v) is 15.6. The molecule has 0 spiro atoms. The summed E-state index contributed by atoms with van der Waals surface area (Å²) in [5, 5.41) is 4.70. The van der Waals surface area contributed by atoms with Gasteiger partial charge in [-0.15, -0.1) is 0 Å². The molecule has 0 saturated carbocycles. The van der Waals surface area contributed by atoms with E-state index in [1.807, 2.05) is 0 Å². The minimum atomic E-state index is -0.475. The predicted molar refractivity (Wildman–Crippen MR) is 184 cm³/mol. The van der Waals surface area contributed by atoms with Crippen molar-refractivity contribution in [2.75, 3.05) is 0 Å². The van der Waals surface area contributed by atoms with Crippen molar-refractivity contribution in [3.05, 3.63) is 97.1 Å². The summed E-state index contributed by atoms with van der Waals surface area (Å²) in [5.74, 6) is 0. The van der Waals surface area contributed by atoms with E-state index in [4.69, 9.17) is 18.6 Å². The Morgan fingerprint density at radius 3 is 0.909 bits per heavy atom. The van der Waals surface area contributed by atoms with Gasteiger partial charge < -0.3 is 18.6 Å². The van der Waals surface area contributed by atoms with Gasteiger partial charge in [0.1, 0.15) is 0 Å². The molecular weight excluding hydrogens is 542 g/mol. The molecule has 2 heterocycles. The van der Waals surface area contributed by atoms with Crippen LogP contribution in [0.25, 0.3) is 43.8 Å². The van der Waals surface area contributed by atoms with Gasteiger partial charge in [-0.1, -0.05) is 97.1 Å². The molecule has 0 aromatic heterocycles. The summed E-state index contributed by atoms with van der Waals surface area (Å²) in [6.45, 7) is 16.8. The van der Waals surface area contributed by atoms with Crippen LogP contribution in [0.15, 0.2) is 97.1 Å². The second kappa shape index (κ2) is 10.1. The third-order valence-electron chi connectivity index (χ3n) is 10.4. The van der Waals surface area contributed by atoms with Crippen LogP contribution in [-0.2, 0) is 18.6 Å². The van der Waals surface area contributed by atoms with Gasteiger partial charge in [-0.05, 0) is 110 Å². The van der Waals surface area contributed by atoms with E-state index in [0.717, 1.165) is 22.1 Å². The monoisotopic (exact) mass is 582 g/mol. The summed E-state index contributed by atoms with van der Waals surface area (Å²) in [7, 11) is -0.949. The highest BCUT2D eigenvalue weighted by atomic mass is 16.7. The van der Waals surface area contributed by atoms with E-state index < -0.39 is 36.6 Å². The Morgan fingerprint density at radius 2 is 0.614 bits per heavy atom. The molecule has 5 aromatic rings. The Balaban J connectivity index is 1.49. The first-order chi connectivity index (χ1) is 20.8. The molecule has 2 fully saturated rings. The first-order valence-electron chi connectivity index (χ1n) is 15.6. The van der Waals surface area contributed by atoms with Gasteiger partial charge in [-0.2, -0.15) is 0 Å². The fourth-order valence-corrected chi connectivity index (χ4v) is 6.51. The van der Waals surface area contributed by atoms with Crippen molar-refractivity contribution in [1.29, 1.82) is 0 Å². The van der Waals surface area contributed by atoms with Gasteiger partial charge in [0, 0.05) is 0 Å². The molecule has 2 saturated heterocycles. The second-order valence-electron chi connectivity index (χ2n) is 14.2. The Bertz CT molecular complexity index is 1680. The zero-order valence-corrected chi connectivity index (χ0v) is 27.0. The smallest absolute Gasteiger partial charge is 0.399 e. The van der Waals surface area contributed by atoms with E-state index in [1.54, 1.807) is 0 Å². The van der Waals surface area contributed by atoms with Gasteiger partial charge in [0.15, 0.2) is 0 Å². The lowest BCUT2D eigenvalue weighted by Crippen LogP contribution is -2.41. The van der Waals surface area contributed by atoms with Crippen LogP contribution in [0.2, 0.25) is 0 Å². The molecular formula is C38H40B2O4. The number of fused-ring (bicyclic) bond motifs is 2. The highest BCUT2D eigenvalue weighted by Gasteiger charge is 2.53. The van der Waals surface area contributed by atoms with E-state index in [-0.39, 0.29) is 0 Å². The molecule has 0 aliphatic carbocycles. The summed E-state index contributed by atoms with van der Waals surface area (Å²) < 4.78 is 26.3. The van der Waals surface area contributed by atoms with Gasteiger partial charge in [0.05, 0.1) is 22.4 Å². The van der Waals surface area contributed by atoms with Crippen molar-refractivity contribution in [2.45, 2.75) is 77.8 Å². The maximum Gasteiger partial charge on any atom is 0.495 e. The Hall–Kier alpha value is -3.41. The number of rotatable bonds is 4. The van der Waals surface area contributed by atoms with Gasteiger partial charge in [0.25, 0.3) is 0 Å². The van der Waals surface area contributed by atoms with Crippen LogP contribution in [-0.4, -0.2) is 36.6 Å². The van der Waals surface area contributed by atoms with Crippen LogP contribution in [0.1, 0.15) is 55.4 Å². The van der Waals surface area contributed by atoms with Crippen LogP contribution < -0.4 is 10.9 Å². The summed E-state index contributed by atoms with van der Waals surface area (Å²) in [6, 6.07) is 34.5. The van der Waals surface area contributed by atoms with Crippen LogP contribution in [0.5, 0.6) is 0 Å². The molecule has 0 bridgehead atoms. The van der Waals surface area contributed by atoms with Crippen LogP contribution in [0.3, 0.4) is 0 Å². The van der Waals surface area contributed by atoms with E-state index in [1.165, 1.54) is 32.7 Å². The highest BCUT2D eigenvalue weighted by Crippen LogP contribution is 2.45. The molecule has 2 aliphatic heterocycles. The quantitative estimate of drug-likeness (QED) is 0.159. The maximum atomic E-state index is 6.59. The van der Waals surface area contributed by atoms with Crippen molar-refractivity contribution >= 4 is 46.7 Å². The zero-order valence-electron chi connectivity index (χ0n) is 27.0. The van der Waals surface area contributed by atoms with Gasteiger partial charge in [-0.3, -0.25) is 0 Å². The van der Waals surface area contributed by atoms with Crippen molar-refractivity contribution in [2.24, 2.45) is 0 Å². The fourth-order valence-electron chi connectivity index (χ4n) is 6.51. The summed E-state index contributed by atoms with van der Waals surface area (Å²) in [6.07, 6.45) is 0. The Labute approximate surface area is 262 Å². The van der Waals surface area contributed by atoms with E-state index in [2.05, 4.69) is 152 Å². The molecule has 2 aliphatic rings. The van der Waals surface area contributed by atoms with E-state index in [0.29, 0.717) is 0 Å². The van der Waals surface area contributed by atoms with Gasteiger partial charge in [-0.25, -0.2) is 0 Å². The maximum absolute atomic E-state index is 6.59. The van der Waals surface area contributed by atoms with Crippen molar-refractivity contribution in [3.8, 4) is 22.3 Å². The number of hydrogen-bond acceptors (Lipinski definition) is 4. The standard InChI is InChI=1S/C38H40B2O4/c1-35(2)36(3,4)42-39(41-35)31-23-15-13-21-29(31)33-25-17-9-11-19-27(25)34(28-20-12-10-18-26(28)33)30-22-14-16-24-32(30)40-43-37(5,6)38(7,8)44-40/h9-24H,1-8H3. The number of hydrogen-bond donors (Lipinski definition) is 0. The molecule has 6 heteroatoms. The Kier molecular flexibility index (Phi) is 6.69. The molecule has 0 unspecified atom stereocenters. The molecule has 7 rings (SSSR count). The second-order valence-corrected chi connectivity index (χ2v) is 14.2. The molecule has 222 valence electrons. The summed E-state index contributed by atoms with van der Waals surface area (Å²) in [5.41, 5.74) is 4.92. The predicted octanol–water partition coefficient (Wildman–Crippen LogP) is 7.93. The van der Waals surface area contributed by atoms with E-state index in [9.17, 15) is 0 Å². The normalized spacial score (nSPS) is 20.1. The molecule has 4 nitrogen and oxygen atoms in total. The SMILES string of the molecule is CC1(C)OB(c2ccccc2-c2c3ccccc3c(-c3ccccc3B3OC(C)(C)C(C)(C)O3)c3ccccc23)OC1(C)C. The van der Waals surface area contributed by atoms with Gasteiger partial charge in [0.2, 0.25) is 0 Å². The summed E-state index contributed by atoms with van der Waals surface area (Å²) in [4.78, 5) is 0.